The Hall–Kier alpha value is -1.11. The second-order valence-corrected chi connectivity index (χ2v) is 16.3. The molecule has 11 atom stereocenters. The normalized spacial score (nSPS) is 28.7. The first-order valence-electron chi connectivity index (χ1n) is 21.5. The lowest BCUT2D eigenvalue weighted by molar-refractivity contribution is -0.303. The molecule has 0 radical (unpaired) electrons. The van der Waals surface area contributed by atoms with Crippen LogP contribution in [0.2, 0.25) is 0 Å². The summed E-state index contributed by atoms with van der Waals surface area (Å²) in [6.45, 7) is 1.34. The topological polar surface area (TPSA) is 169 Å². The zero-order valence-corrected chi connectivity index (χ0v) is 32.5. The lowest BCUT2D eigenvalue weighted by atomic mass is 9.88. The third kappa shape index (κ3) is 16.7. The van der Waals surface area contributed by atoms with Crippen molar-refractivity contribution in [3.05, 3.63) is 12.2 Å². The predicted octanol–water partition coefficient (Wildman–Crippen LogP) is 6.21. The molecule has 7 N–H and O–H groups in total. The molecule has 1 amide bonds. The molecule has 2 fully saturated rings. The van der Waals surface area contributed by atoms with Crippen LogP contribution in [0.15, 0.2) is 12.2 Å². The summed E-state index contributed by atoms with van der Waals surface area (Å²) in [5, 5.41) is 65.0. The Morgan fingerprint density at radius 1 is 0.750 bits per heavy atom. The molecule has 1 saturated carbocycles. The monoisotopic (exact) mass is 740 g/mol. The second kappa shape index (κ2) is 26.7. The molecular formula is C42H77NO9. The van der Waals surface area contributed by atoms with E-state index in [0.717, 1.165) is 62.7 Å². The number of nitrogens with one attached hydrogen (secondary N) is 1. The standard InChI is InChI=1S/C42H77NO9/c1-2-3-4-5-6-7-8-9-10-14-17-20-23-35(45)38(47)34(30-51-42-41(50)40(49)39(48)36(29-44)52-42)43-37(46)24-21-18-15-12-11-13-16-19-22-32-27-31-25-26-33(32)28-31/h25-26,31-36,38-42,44-45,47-50H,2-24,27-30H2,1H3,(H,43,46)/t31-,32+,33-,34+,35-,36?,38+,39?,40?,41?,42?/m1/s1. The SMILES string of the molecule is CCCCCCCCCCCCCC[C@@H](O)[C@@H](O)[C@H](COC1OC(CO)C(O)C(O)C1O)NC(=O)CCCCCCCCCC[C@H]1C[C@H]2C=C[C@@H]1C2. The van der Waals surface area contributed by atoms with Gasteiger partial charge in [0.1, 0.15) is 30.5 Å². The van der Waals surface area contributed by atoms with Crippen molar-refractivity contribution in [3.63, 3.8) is 0 Å². The summed E-state index contributed by atoms with van der Waals surface area (Å²) in [7, 11) is 0. The number of unbranched alkanes of at least 4 members (excludes halogenated alkanes) is 18. The first-order chi connectivity index (χ1) is 25.2. The largest absolute Gasteiger partial charge is 0.394 e. The van der Waals surface area contributed by atoms with Crippen LogP contribution in [0, 0.1) is 17.8 Å². The minimum Gasteiger partial charge on any atom is -0.394 e. The average molecular weight is 740 g/mol. The fraction of sp³-hybridized carbons (Fsp3) is 0.929. The molecule has 0 aromatic heterocycles. The van der Waals surface area contributed by atoms with Crippen molar-refractivity contribution in [1.82, 2.24) is 5.32 Å². The summed E-state index contributed by atoms with van der Waals surface area (Å²) in [4.78, 5) is 13.0. The summed E-state index contributed by atoms with van der Waals surface area (Å²) in [5.41, 5.74) is 0. The van der Waals surface area contributed by atoms with Crippen LogP contribution in [0.3, 0.4) is 0 Å². The van der Waals surface area contributed by atoms with Crippen LogP contribution in [0.1, 0.15) is 167 Å². The van der Waals surface area contributed by atoms with Gasteiger partial charge in [0, 0.05) is 6.42 Å². The first-order valence-corrected chi connectivity index (χ1v) is 21.5. The highest BCUT2D eigenvalue weighted by Crippen LogP contribution is 2.45. The molecular weight excluding hydrogens is 662 g/mol. The van der Waals surface area contributed by atoms with E-state index in [-0.39, 0.29) is 18.9 Å². The highest BCUT2D eigenvalue weighted by molar-refractivity contribution is 5.76. The Labute approximate surface area is 315 Å². The summed E-state index contributed by atoms with van der Waals surface area (Å²) in [5.74, 6) is 2.38. The number of fused-ring (bicyclic) bond motifs is 2. The average Bonchev–Trinajstić information content (AvgIpc) is 3.78. The minimum absolute atomic E-state index is 0.255. The van der Waals surface area contributed by atoms with E-state index >= 15 is 0 Å². The lowest BCUT2D eigenvalue weighted by Gasteiger charge is -2.40. The number of carbonyl (C=O) groups excluding carboxylic acids is 1. The van der Waals surface area contributed by atoms with E-state index in [1.54, 1.807) is 0 Å². The van der Waals surface area contributed by atoms with E-state index in [0.29, 0.717) is 6.42 Å². The van der Waals surface area contributed by atoms with Gasteiger partial charge in [-0.05, 0) is 49.9 Å². The Bertz CT molecular complexity index is 950. The van der Waals surface area contributed by atoms with Gasteiger partial charge >= 0.3 is 0 Å². The maximum atomic E-state index is 13.0. The van der Waals surface area contributed by atoms with E-state index in [2.05, 4.69) is 24.4 Å². The third-order valence-electron chi connectivity index (χ3n) is 11.9. The van der Waals surface area contributed by atoms with Crippen molar-refractivity contribution >= 4 is 5.91 Å². The maximum Gasteiger partial charge on any atom is 0.220 e. The molecule has 0 aromatic carbocycles. The molecule has 5 unspecified atom stereocenters. The molecule has 10 heteroatoms. The summed E-state index contributed by atoms with van der Waals surface area (Å²) in [6.07, 6.45) is 23.4. The second-order valence-electron chi connectivity index (χ2n) is 16.3. The van der Waals surface area contributed by atoms with Crippen LogP contribution in [-0.4, -0.2) is 98.7 Å². The number of hydrogen-bond donors (Lipinski definition) is 7. The van der Waals surface area contributed by atoms with Crippen molar-refractivity contribution in [2.45, 2.75) is 216 Å². The van der Waals surface area contributed by atoms with Crippen LogP contribution in [-0.2, 0) is 14.3 Å². The van der Waals surface area contributed by atoms with E-state index in [1.807, 2.05) is 0 Å². The Kier molecular flexibility index (Phi) is 23.2. The number of hydrogen-bond acceptors (Lipinski definition) is 9. The molecule has 3 rings (SSSR count). The molecule has 2 aliphatic carbocycles. The molecule has 0 aromatic rings. The number of ether oxygens (including phenoxy) is 2. The van der Waals surface area contributed by atoms with Gasteiger partial charge in [-0.1, -0.05) is 141 Å². The zero-order valence-electron chi connectivity index (χ0n) is 32.5. The van der Waals surface area contributed by atoms with Gasteiger partial charge in [-0.25, -0.2) is 0 Å². The fourth-order valence-electron chi connectivity index (χ4n) is 8.52. The van der Waals surface area contributed by atoms with Gasteiger partial charge < -0.3 is 45.4 Å². The molecule has 3 aliphatic rings. The predicted molar refractivity (Wildman–Crippen MR) is 204 cm³/mol. The van der Waals surface area contributed by atoms with Crippen molar-refractivity contribution in [1.29, 1.82) is 0 Å². The van der Waals surface area contributed by atoms with Gasteiger partial charge in [0.2, 0.25) is 5.91 Å². The highest BCUT2D eigenvalue weighted by atomic mass is 16.7. The lowest BCUT2D eigenvalue weighted by Crippen LogP contribution is -2.60. The molecule has 0 spiro atoms. The number of carbonyl (C=O) groups is 1. The van der Waals surface area contributed by atoms with Crippen molar-refractivity contribution in [2.24, 2.45) is 17.8 Å². The molecule has 2 bridgehead atoms. The van der Waals surface area contributed by atoms with E-state index < -0.39 is 55.6 Å². The number of aliphatic hydroxyl groups excluding tert-OH is 6. The third-order valence-corrected chi connectivity index (χ3v) is 11.9. The number of rotatable bonds is 31. The van der Waals surface area contributed by atoms with Gasteiger partial charge in [0.05, 0.1) is 25.4 Å². The number of aliphatic hydroxyl groups is 6. The summed E-state index contributed by atoms with van der Waals surface area (Å²) < 4.78 is 11.1. The van der Waals surface area contributed by atoms with E-state index in [1.165, 1.54) is 103 Å². The quantitative estimate of drug-likeness (QED) is 0.0323. The Morgan fingerprint density at radius 2 is 1.33 bits per heavy atom. The van der Waals surface area contributed by atoms with Gasteiger partial charge in [0.25, 0.3) is 0 Å². The summed E-state index contributed by atoms with van der Waals surface area (Å²) >= 11 is 0. The zero-order chi connectivity index (χ0) is 37.6. The van der Waals surface area contributed by atoms with Gasteiger partial charge in [-0.2, -0.15) is 0 Å². The van der Waals surface area contributed by atoms with Gasteiger partial charge in [-0.15, -0.1) is 0 Å². The van der Waals surface area contributed by atoms with Crippen LogP contribution in [0.4, 0.5) is 0 Å². The number of allylic oxidation sites excluding steroid dienone is 2. The fourth-order valence-corrected chi connectivity index (χ4v) is 8.52. The molecule has 1 saturated heterocycles. The van der Waals surface area contributed by atoms with Crippen molar-refractivity contribution < 1.29 is 44.9 Å². The smallest absolute Gasteiger partial charge is 0.220 e. The maximum absolute atomic E-state index is 13.0. The van der Waals surface area contributed by atoms with Crippen LogP contribution >= 0.6 is 0 Å². The Morgan fingerprint density at radius 3 is 1.88 bits per heavy atom. The van der Waals surface area contributed by atoms with Gasteiger partial charge in [0.15, 0.2) is 6.29 Å². The molecule has 10 nitrogen and oxygen atoms in total. The van der Waals surface area contributed by atoms with E-state index in [9.17, 15) is 35.4 Å². The highest BCUT2D eigenvalue weighted by Gasteiger charge is 2.44. The van der Waals surface area contributed by atoms with Crippen LogP contribution < -0.4 is 5.32 Å². The molecule has 1 aliphatic heterocycles. The van der Waals surface area contributed by atoms with Crippen molar-refractivity contribution in [2.75, 3.05) is 13.2 Å². The molecule has 1 heterocycles. The van der Waals surface area contributed by atoms with Crippen molar-refractivity contribution in [3.8, 4) is 0 Å². The van der Waals surface area contributed by atoms with E-state index in [4.69, 9.17) is 9.47 Å². The minimum atomic E-state index is -1.60. The van der Waals surface area contributed by atoms with Gasteiger partial charge in [-0.3, -0.25) is 4.79 Å². The van der Waals surface area contributed by atoms with Crippen LogP contribution in [0.5, 0.6) is 0 Å². The van der Waals surface area contributed by atoms with Crippen LogP contribution in [0.25, 0.3) is 0 Å². The molecule has 52 heavy (non-hydrogen) atoms. The Balaban J connectivity index is 1.32. The number of amides is 1. The first kappa shape index (κ1) is 45.3. The summed E-state index contributed by atoms with van der Waals surface area (Å²) in [6, 6.07) is -0.984. The molecule has 304 valence electrons.